The molecule has 1 aliphatic rings. The lowest BCUT2D eigenvalue weighted by Crippen LogP contribution is -2.49. The Bertz CT molecular complexity index is 995. The van der Waals surface area contributed by atoms with Crippen molar-refractivity contribution in [2.75, 3.05) is 0 Å². The molecule has 1 aromatic heterocycles. The van der Waals surface area contributed by atoms with E-state index in [0.717, 1.165) is 16.7 Å². The van der Waals surface area contributed by atoms with Crippen LogP contribution in [0.1, 0.15) is 42.5 Å². The Morgan fingerprint density at radius 1 is 1.14 bits per heavy atom. The summed E-state index contributed by atoms with van der Waals surface area (Å²) in [6.07, 6.45) is -2.64. The molecule has 2 heterocycles. The number of hydrogen-bond donors (Lipinski definition) is 2. The van der Waals surface area contributed by atoms with Gasteiger partial charge in [0.15, 0.2) is 0 Å². The van der Waals surface area contributed by atoms with Crippen molar-refractivity contribution in [1.82, 2.24) is 14.5 Å². The van der Waals surface area contributed by atoms with Gasteiger partial charge in [-0.3, -0.25) is 9.36 Å². The number of rotatable bonds is 2. The third kappa shape index (κ3) is 3.64. The molecule has 9 heteroatoms. The van der Waals surface area contributed by atoms with Crippen LogP contribution < -0.4 is 16.6 Å². The number of nitrogens with one attached hydrogen (secondary N) is 1. The van der Waals surface area contributed by atoms with Gasteiger partial charge in [-0.2, -0.15) is 13.2 Å². The fourth-order valence-corrected chi connectivity index (χ4v) is 3.87. The molecule has 2 N–H and O–H groups in total. The molecule has 0 bridgehead atoms. The van der Waals surface area contributed by atoms with Crippen LogP contribution in [0.3, 0.4) is 0 Å². The highest BCUT2D eigenvalue weighted by molar-refractivity contribution is 5.30. The Morgan fingerprint density at radius 2 is 1.75 bits per heavy atom. The number of aryl methyl sites for hydroxylation is 1. The molecule has 3 rings (SSSR count). The van der Waals surface area contributed by atoms with Gasteiger partial charge in [-0.05, 0) is 31.0 Å². The zero-order valence-corrected chi connectivity index (χ0v) is 15.7. The topological polar surface area (TPSA) is 76.3 Å². The summed E-state index contributed by atoms with van der Waals surface area (Å²) >= 11 is 0. The van der Waals surface area contributed by atoms with Crippen LogP contribution in [0.5, 0.6) is 0 Å². The molecule has 1 aromatic carbocycles. The van der Waals surface area contributed by atoms with Crippen LogP contribution >= 0.6 is 0 Å². The second kappa shape index (κ2) is 6.89. The van der Waals surface area contributed by atoms with Crippen LogP contribution in [0.4, 0.5) is 13.2 Å². The van der Waals surface area contributed by atoms with Crippen molar-refractivity contribution >= 4 is 0 Å². The lowest BCUT2D eigenvalue weighted by molar-refractivity contribution is -0.137. The molecule has 0 spiro atoms. The predicted molar refractivity (Wildman–Crippen MR) is 96.8 cm³/mol. The zero-order valence-electron chi connectivity index (χ0n) is 15.7. The van der Waals surface area contributed by atoms with Crippen molar-refractivity contribution < 1.29 is 18.3 Å². The minimum Gasteiger partial charge on any atom is -0.385 e. The van der Waals surface area contributed by atoms with Crippen LogP contribution in [0.2, 0.25) is 0 Å². The normalized spacial score (nSPS) is 25.7. The highest BCUT2D eigenvalue weighted by atomic mass is 19.4. The van der Waals surface area contributed by atoms with Crippen LogP contribution in [0.15, 0.2) is 40.1 Å². The first-order valence-electron chi connectivity index (χ1n) is 8.85. The molecule has 1 unspecified atom stereocenters. The summed E-state index contributed by atoms with van der Waals surface area (Å²) in [6.45, 7) is 1.83. The second-order valence-electron chi connectivity index (χ2n) is 7.48. The lowest BCUT2D eigenvalue weighted by atomic mass is 9.77. The smallest absolute Gasteiger partial charge is 0.385 e. The molecule has 0 saturated carbocycles. The second-order valence-corrected chi connectivity index (χ2v) is 7.48. The number of aliphatic hydroxyl groups is 1. The minimum atomic E-state index is -4.45. The van der Waals surface area contributed by atoms with Crippen molar-refractivity contribution in [3.05, 3.63) is 68.0 Å². The molecule has 6 nitrogen and oxygen atoms in total. The monoisotopic (exact) mass is 397 g/mol. The Kier molecular flexibility index (Phi) is 5.01. The summed E-state index contributed by atoms with van der Waals surface area (Å²) in [7, 11) is 2.90. The maximum absolute atomic E-state index is 12.8. The number of aromatic nitrogens is 2. The first kappa shape index (κ1) is 20.3. The van der Waals surface area contributed by atoms with Gasteiger partial charge in [0.25, 0.3) is 5.56 Å². The molecule has 0 aliphatic carbocycles. The van der Waals surface area contributed by atoms with Gasteiger partial charge in [0, 0.05) is 38.8 Å². The van der Waals surface area contributed by atoms with Gasteiger partial charge in [-0.15, -0.1) is 0 Å². The summed E-state index contributed by atoms with van der Waals surface area (Å²) < 4.78 is 40.7. The summed E-state index contributed by atoms with van der Waals surface area (Å²) in [5.74, 6) is 0. The molecule has 152 valence electrons. The Labute approximate surface area is 159 Å². The predicted octanol–water partition coefficient (Wildman–Crippen LogP) is 1.80. The van der Waals surface area contributed by atoms with Crippen molar-refractivity contribution in [3.63, 3.8) is 0 Å². The number of hydrogen-bond acceptors (Lipinski definition) is 4. The first-order chi connectivity index (χ1) is 12.9. The van der Waals surface area contributed by atoms with Gasteiger partial charge in [0.1, 0.15) is 0 Å². The summed E-state index contributed by atoms with van der Waals surface area (Å²) in [5, 5.41) is 14.5. The standard InChI is InChI=1S/C19H22F3N3O3/c1-11-8-18(28,12-4-6-13(7-5-12)19(20,21)22)9-15(23-11)14-10-24(2)17(27)25(3)16(14)26/h4-7,10-11,15,23,28H,8-9H2,1-3H3/t11-,15-,18?/m0/s1. The number of alkyl halides is 3. The number of nitrogens with zero attached hydrogens (tertiary/aromatic N) is 2. The molecule has 1 aliphatic heterocycles. The Hall–Kier alpha value is -2.39. The first-order valence-corrected chi connectivity index (χ1v) is 8.85. The third-order valence-electron chi connectivity index (χ3n) is 5.27. The van der Waals surface area contributed by atoms with Gasteiger partial charge < -0.3 is 15.0 Å². The van der Waals surface area contributed by atoms with Crippen LogP contribution in [0.25, 0.3) is 0 Å². The van der Waals surface area contributed by atoms with Crippen molar-refractivity contribution in [3.8, 4) is 0 Å². The van der Waals surface area contributed by atoms with E-state index in [2.05, 4.69) is 5.32 Å². The van der Waals surface area contributed by atoms with Crippen LogP contribution in [0, 0.1) is 0 Å². The van der Waals surface area contributed by atoms with Gasteiger partial charge in [-0.25, -0.2) is 4.79 Å². The molecule has 28 heavy (non-hydrogen) atoms. The van der Waals surface area contributed by atoms with E-state index in [1.54, 1.807) is 0 Å². The fraction of sp³-hybridized carbons (Fsp3) is 0.474. The van der Waals surface area contributed by atoms with E-state index >= 15 is 0 Å². The quantitative estimate of drug-likeness (QED) is 0.811. The van der Waals surface area contributed by atoms with Gasteiger partial charge in [0.2, 0.25) is 0 Å². The van der Waals surface area contributed by atoms with Crippen molar-refractivity contribution in [2.24, 2.45) is 14.1 Å². The Morgan fingerprint density at radius 3 is 2.32 bits per heavy atom. The molecule has 0 radical (unpaired) electrons. The summed E-state index contributed by atoms with van der Waals surface area (Å²) in [4.78, 5) is 24.5. The number of halogens is 3. The van der Waals surface area contributed by atoms with E-state index < -0.39 is 34.6 Å². The molecular weight excluding hydrogens is 375 g/mol. The van der Waals surface area contributed by atoms with E-state index in [1.807, 2.05) is 6.92 Å². The fourth-order valence-electron chi connectivity index (χ4n) is 3.87. The van der Waals surface area contributed by atoms with Crippen LogP contribution in [-0.4, -0.2) is 20.3 Å². The molecule has 3 atom stereocenters. The maximum Gasteiger partial charge on any atom is 0.416 e. The highest BCUT2D eigenvalue weighted by Crippen LogP contribution is 2.40. The van der Waals surface area contributed by atoms with Crippen molar-refractivity contribution in [1.29, 1.82) is 0 Å². The largest absolute Gasteiger partial charge is 0.416 e. The van der Waals surface area contributed by atoms with E-state index in [4.69, 9.17) is 0 Å². The molecule has 0 amide bonds. The summed E-state index contributed by atoms with van der Waals surface area (Å²) in [6, 6.07) is 3.68. The average molecular weight is 397 g/mol. The van der Waals surface area contributed by atoms with E-state index in [1.165, 1.54) is 37.0 Å². The summed E-state index contributed by atoms with van der Waals surface area (Å²) in [5.41, 5.74) is -2.44. The SMILES string of the molecule is C[C@H]1CC(O)(c2ccc(C(F)(F)F)cc2)C[C@@H](c2cn(C)c(=O)n(C)c2=O)N1. The third-order valence-corrected chi connectivity index (χ3v) is 5.27. The van der Waals surface area contributed by atoms with E-state index in [0.29, 0.717) is 11.1 Å². The van der Waals surface area contributed by atoms with Gasteiger partial charge in [0.05, 0.1) is 16.7 Å². The molecule has 2 aromatic rings. The molecular formula is C19H22F3N3O3. The van der Waals surface area contributed by atoms with Crippen LogP contribution in [-0.2, 0) is 25.9 Å². The van der Waals surface area contributed by atoms with E-state index in [9.17, 15) is 27.9 Å². The van der Waals surface area contributed by atoms with Gasteiger partial charge >= 0.3 is 11.9 Å². The number of piperidine rings is 1. The minimum absolute atomic E-state index is 0.0934. The molecule has 1 fully saturated rings. The maximum atomic E-state index is 12.8. The number of benzene rings is 1. The Balaban J connectivity index is 1.99. The highest BCUT2D eigenvalue weighted by Gasteiger charge is 2.41. The van der Waals surface area contributed by atoms with Gasteiger partial charge in [-0.1, -0.05) is 12.1 Å². The average Bonchev–Trinajstić information content (AvgIpc) is 2.61. The lowest BCUT2D eigenvalue weighted by Gasteiger charge is -2.41. The molecule has 1 saturated heterocycles. The van der Waals surface area contributed by atoms with E-state index in [-0.39, 0.29) is 18.9 Å². The van der Waals surface area contributed by atoms with Crippen molar-refractivity contribution in [2.45, 2.75) is 43.6 Å². The zero-order chi connectivity index (χ0) is 20.9.